The summed E-state index contributed by atoms with van der Waals surface area (Å²) < 4.78 is 60.1. The molecule has 0 aliphatic carbocycles. The van der Waals surface area contributed by atoms with Gasteiger partial charge in [-0.25, -0.2) is 14.4 Å². The van der Waals surface area contributed by atoms with Gasteiger partial charge in [0.1, 0.15) is 30.7 Å². The summed E-state index contributed by atoms with van der Waals surface area (Å²) in [6.45, 7) is 2.95. The largest absolute Gasteiger partial charge is 0.493 e. The standard InChI is InChI=1S/C25H28F3N3O4/c1-14(17-7-4-8-19(23(17)26)25(27,28)13-32)29-24-18-10-22(35-12-16-6-5-9-34-16)21(33-3)11-20(18)30-15(2)31-24/h4,7-8,10-11,14,16,32H,5-6,9,12-13H2,1-3H3,(H,29,30,31)/t14-,16+/m1/s1. The summed E-state index contributed by atoms with van der Waals surface area (Å²) in [5, 5.41) is 12.7. The molecule has 35 heavy (non-hydrogen) atoms. The van der Waals surface area contributed by atoms with Crippen molar-refractivity contribution in [1.29, 1.82) is 0 Å². The Hall–Kier alpha value is -3.11. The van der Waals surface area contributed by atoms with Crippen LogP contribution in [0.3, 0.4) is 0 Å². The van der Waals surface area contributed by atoms with Crippen molar-refractivity contribution in [1.82, 2.24) is 9.97 Å². The lowest BCUT2D eigenvalue weighted by atomic mass is 10.00. The maximum atomic E-state index is 15.0. The maximum absolute atomic E-state index is 15.0. The molecule has 2 aromatic carbocycles. The average Bonchev–Trinajstić information content (AvgIpc) is 3.36. The second-order valence-electron chi connectivity index (χ2n) is 8.52. The highest BCUT2D eigenvalue weighted by atomic mass is 19.3. The van der Waals surface area contributed by atoms with E-state index in [0.29, 0.717) is 47.3 Å². The predicted octanol–water partition coefficient (Wildman–Crippen LogP) is 4.90. The number of methoxy groups -OCH3 is 1. The number of benzene rings is 2. The van der Waals surface area contributed by atoms with E-state index in [1.807, 2.05) is 0 Å². The number of fused-ring (bicyclic) bond motifs is 1. The number of aliphatic hydroxyl groups is 1. The Morgan fingerprint density at radius 1 is 1.26 bits per heavy atom. The first kappa shape index (κ1) is 25.0. The van der Waals surface area contributed by atoms with Crippen LogP contribution < -0.4 is 14.8 Å². The van der Waals surface area contributed by atoms with Crippen LogP contribution in [0.15, 0.2) is 30.3 Å². The smallest absolute Gasteiger partial charge is 0.298 e. The minimum atomic E-state index is -3.69. The molecule has 4 rings (SSSR count). The Bertz CT molecular complexity index is 1200. The van der Waals surface area contributed by atoms with E-state index < -0.39 is 30.0 Å². The fourth-order valence-electron chi connectivity index (χ4n) is 4.13. The number of aromatic nitrogens is 2. The zero-order valence-corrected chi connectivity index (χ0v) is 19.8. The fourth-order valence-corrected chi connectivity index (χ4v) is 4.13. The predicted molar refractivity (Wildman–Crippen MR) is 125 cm³/mol. The van der Waals surface area contributed by atoms with Crippen LogP contribution in [0.4, 0.5) is 19.0 Å². The first-order chi connectivity index (χ1) is 16.7. The van der Waals surface area contributed by atoms with Crippen molar-refractivity contribution < 1.29 is 32.5 Å². The molecule has 2 heterocycles. The zero-order chi connectivity index (χ0) is 25.2. The number of hydrogen-bond donors (Lipinski definition) is 2. The van der Waals surface area contributed by atoms with Gasteiger partial charge in [0.05, 0.1) is 30.3 Å². The number of halogens is 3. The summed E-state index contributed by atoms with van der Waals surface area (Å²) in [5.74, 6) is -2.94. The summed E-state index contributed by atoms with van der Waals surface area (Å²) in [5.41, 5.74) is -0.262. The molecule has 0 amide bonds. The summed E-state index contributed by atoms with van der Waals surface area (Å²) >= 11 is 0. The van der Waals surface area contributed by atoms with Gasteiger partial charge in [-0.15, -0.1) is 0 Å². The number of aliphatic hydroxyl groups excluding tert-OH is 1. The Balaban J connectivity index is 1.68. The molecular weight excluding hydrogens is 463 g/mol. The maximum Gasteiger partial charge on any atom is 0.298 e. The van der Waals surface area contributed by atoms with Crippen LogP contribution >= 0.6 is 0 Å². The van der Waals surface area contributed by atoms with Crippen LogP contribution in [0.2, 0.25) is 0 Å². The van der Waals surface area contributed by atoms with Crippen LogP contribution in [0, 0.1) is 12.7 Å². The number of alkyl halides is 2. The van der Waals surface area contributed by atoms with Gasteiger partial charge in [-0.3, -0.25) is 0 Å². The second kappa shape index (κ2) is 10.2. The molecule has 0 bridgehead atoms. The number of anilines is 1. The molecular formula is C25H28F3N3O4. The number of rotatable bonds is 9. The van der Waals surface area contributed by atoms with Crippen molar-refractivity contribution in [3.63, 3.8) is 0 Å². The molecule has 0 saturated carbocycles. The number of nitrogens with one attached hydrogen (secondary N) is 1. The Morgan fingerprint density at radius 3 is 2.74 bits per heavy atom. The number of aryl methyl sites for hydroxylation is 1. The molecule has 2 atom stereocenters. The SMILES string of the molecule is COc1cc2nc(C)nc(N[C@H](C)c3cccc(C(F)(F)CO)c3F)c2cc1OC[C@@H]1CCCO1. The molecule has 1 aliphatic heterocycles. The van der Waals surface area contributed by atoms with Gasteiger partial charge in [-0.2, -0.15) is 8.78 Å². The number of nitrogens with zero attached hydrogens (tertiary/aromatic N) is 2. The monoisotopic (exact) mass is 491 g/mol. The lowest BCUT2D eigenvalue weighted by Crippen LogP contribution is -2.22. The van der Waals surface area contributed by atoms with Gasteiger partial charge >= 0.3 is 0 Å². The van der Waals surface area contributed by atoms with E-state index in [4.69, 9.17) is 19.3 Å². The first-order valence-corrected chi connectivity index (χ1v) is 11.4. The van der Waals surface area contributed by atoms with Gasteiger partial charge in [-0.1, -0.05) is 12.1 Å². The van der Waals surface area contributed by atoms with E-state index in [1.54, 1.807) is 26.0 Å². The molecule has 10 heteroatoms. The third-order valence-corrected chi connectivity index (χ3v) is 5.98. The molecule has 0 radical (unpaired) electrons. The van der Waals surface area contributed by atoms with Crippen LogP contribution in [0.25, 0.3) is 10.9 Å². The Morgan fingerprint density at radius 2 is 2.06 bits per heavy atom. The Kier molecular flexibility index (Phi) is 7.32. The summed E-state index contributed by atoms with van der Waals surface area (Å²) in [6.07, 6.45) is 1.92. The van der Waals surface area contributed by atoms with Crippen LogP contribution in [-0.2, 0) is 10.7 Å². The molecule has 1 fully saturated rings. The normalized spacial score (nSPS) is 16.9. The van der Waals surface area contributed by atoms with Gasteiger partial charge in [0.15, 0.2) is 11.5 Å². The summed E-state index contributed by atoms with van der Waals surface area (Å²) in [4.78, 5) is 8.93. The third-order valence-electron chi connectivity index (χ3n) is 5.98. The zero-order valence-electron chi connectivity index (χ0n) is 19.8. The highest BCUT2D eigenvalue weighted by Gasteiger charge is 2.35. The minimum Gasteiger partial charge on any atom is -0.493 e. The van der Waals surface area contributed by atoms with Gasteiger partial charge in [-0.05, 0) is 38.8 Å². The minimum absolute atomic E-state index is 0.00888. The quantitative estimate of drug-likeness (QED) is 0.440. The highest BCUT2D eigenvalue weighted by Crippen LogP contribution is 2.37. The molecule has 3 aromatic rings. The van der Waals surface area contributed by atoms with E-state index in [2.05, 4.69) is 15.3 Å². The molecule has 0 spiro atoms. The van der Waals surface area contributed by atoms with E-state index in [1.165, 1.54) is 19.2 Å². The third kappa shape index (κ3) is 5.28. The van der Waals surface area contributed by atoms with E-state index in [-0.39, 0.29) is 11.7 Å². The second-order valence-corrected chi connectivity index (χ2v) is 8.52. The molecule has 188 valence electrons. The van der Waals surface area contributed by atoms with Gasteiger partial charge in [0, 0.05) is 23.6 Å². The van der Waals surface area contributed by atoms with Gasteiger partial charge in [0.2, 0.25) is 0 Å². The number of hydrogen-bond acceptors (Lipinski definition) is 7. The van der Waals surface area contributed by atoms with Crippen molar-refractivity contribution in [3.05, 3.63) is 53.1 Å². The van der Waals surface area contributed by atoms with Gasteiger partial charge in [0.25, 0.3) is 5.92 Å². The topological polar surface area (TPSA) is 85.7 Å². The van der Waals surface area contributed by atoms with E-state index in [0.717, 1.165) is 18.9 Å². The molecule has 1 saturated heterocycles. The summed E-state index contributed by atoms with van der Waals surface area (Å²) in [7, 11) is 1.54. The van der Waals surface area contributed by atoms with Crippen molar-refractivity contribution >= 4 is 16.7 Å². The molecule has 1 aromatic heterocycles. The molecule has 7 nitrogen and oxygen atoms in total. The van der Waals surface area contributed by atoms with E-state index in [9.17, 15) is 8.78 Å². The van der Waals surface area contributed by atoms with Crippen LogP contribution in [0.1, 0.15) is 42.8 Å². The van der Waals surface area contributed by atoms with Crippen molar-refractivity contribution in [2.24, 2.45) is 0 Å². The summed E-state index contributed by atoms with van der Waals surface area (Å²) in [6, 6.07) is 6.47. The highest BCUT2D eigenvalue weighted by molar-refractivity contribution is 5.92. The number of ether oxygens (including phenoxy) is 3. The van der Waals surface area contributed by atoms with Crippen molar-refractivity contribution in [2.75, 3.05) is 32.2 Å². The first-order valence-electron chi connectivity index (χ1n) is 11.4. The molecule has 0 unspecified atom stereocenters. The van der Waals surface area contributed by atoms with E-state index >= 15 is 4.39 Å². The van der Waals surface area contributed by atoms with Crippen molar-refractivity contribution in [3.8, 4) is 11.5 Å². The molecule has 2 N–H and O–H groups in total. The van der Waals surface area contributed by atoms with Gasteiger partial charge < -0.3 is 24.6 Å². The molecule has 1 aliphatic rings. The lowest BCUT2D eigenvalue weighted by molar-refractivity contribution is -0.0583. The van der Waals surface area contributed by atoms with Crippen LogP contribution in [0.5, 0.6) is 11.5 Å². The Labute approximate surface area is 201 Å². The average molecular weight is 492 g/mol. The van der Waals surface area contributed by atoms with Crippen molar-refractivity contribution in [2.45, 2.75) is 44.8 Å². The van der Waals surface area contributed by atoms with Crippen LogP contribution in [-0.4, -0.2) is 48.1 Å². The lowest BCUT2D eigenvalue weighted by Gasteiger charge is -2.21. The fraction of sp³-hybridized carbons (Fsp3) is 0.440.